The Labute approximate surface area is 102 Å². The predicted octanol–water partition coefficient (Wildman–Crippen LogP) is 1.34. The van der Waals surface area contributed by atoms with Gasteiger partial charge in [-0.25, -0.2) is 8.42 Å². The standard InChI is InChI=1S/C12H17NO3S/c1-9-4-5-11-12(7-9)17(15,16)8-10(13-11)3-2-6-14/h4-5,7,10,13-14H,2-3,6,8H2,1H3. The quantitative estimate of drug-likeness (QED) is 0.855. The average Bonchev–Trinajstić information content (AvgIpc) is 2.27. The van der Waals surface area contributed by atoms with Crippen molar-refractivity contribution in [3.8, 4) is 0 Å². The van der Waals surface area contributed by atoms with Crippen LogP contribution in [-0.2, 0) is 9.84 Å². The molecule has 17 heavy (non-hydrogen) atoms. The van der Waals surface area contributed by atoms with Crippen molar-refractivity contribution in [2.24, 2.45) is 0 Å². The van der Waals surface area contributed by atoms with Gasteiger partial charge in [-0.2, -0.15) is 0 Å². The van der Waals surface area contributed by atoms with Gasteiger partial charge in [0.15, 0.2) is 9.84 Å². The Morgan fingerprint density at radius 3 is 2.94 bits per heavy atom. The summed E-state index contributed by atoms with van der Waals surface area (Å²) in [7, 11) is -3.19. The molecule has 1 aliphatic rings. The molecule has 0 aliphatic carbocycles. The fraction of sp³-hybridized carbons (Fsp3) is 0.500. The number of aliphatic hydroxyl groups is 1. The molecule has 5 heteroatoms. The Morgan fingerprint density at radius 1 is 1.47 bits per heavy atom. The molecule has 2 rings (SSSR count). The van der Waals surface area contributed by atoms with Gasteiger partial charge in [0.05, 0.1) is 16.3 Å². The van der Waals surface area contributed by atoms with Gasteiger partial charge in [-0.3, -0.25) is 0 Å². The summed E-state index contributed by atoms with van der Waals surface area (Å²) >= 11 is 0. The fourth-order valence-corrected chi connectivity index (χ4v) is 3.90. The van der Waals surface area contributed by atoms with Gasteiger partial charge in [-0.05, 0) is 37.5 Å². The Hall–Kier alpha value is -1.07. The summed E-state index contributed by atoms with van der Waals surface area (Å²) in [5, 5.41) is 12.0. The molecule has 0 saturated heterocycles. The summed E-state index contributed by atoms with van der Waals surface area (Å²) < 4.78 is 24.2. The number of benzene rings is 1. The van der Waals surface area contributed by atoms with Crippen LogP contribution < -0.4 is 5.32 Å². The minimum Gasteiger partial charge on any atom is -0.396 e. The zero-order chi connectivity index (χ0) is 12.5. The maximum absolute atomic E-state index is 12.1. The van der Waals surface area contributed by atoms with Crippen molar-refractivity contribution in [1.29, 1.82) is 0 Å². The van der Waals surface area contributed by atoms with Gasteiger partial charge in [0.25, 0.3) is 0 Å². The zero-order valence-corrected chi connectivity index (χ0v) is 10.6. The number of sulfone groups is 1. The third-order valence-electron chi connectivity index (χ3n) is 2.96. The summed E-state index contributed by atoms with van der Waals surface area (Å²) in [4.78, 5) is 0.401. The van der Waals surface area contributed by atoms with Crippen molar-refractivity contribution in [2.75, 3.05) is 17.7 Å². The molecule has 2 N–H and O–H groups in total. The zero-order valence-electron chi connectivity index (χ0n) is 9.81. The molecule has 1 aromatic carbocycles. The van der Waals surface area contributed by atoms with Crippen LogP contribution in [-0.4, -0.2) is 31.9 Å². The van der Waals surface area contributed by atoms with E-state index in [-0.39, 0.29) is 18.4 Å². The first-order valence-electron chi connectivity index (χ1n) is 5.74. The number of anilines is 1. The summed E-state index contributed by atoms with van der Waals surface area (Å²) in [6.07, 6.45) is 1.29. The van der Waals surface area contributed by atoms with Gasteiger partial charge in [0.1, 0.15) is 0 Å². The van der Waals surface area contributed by atoms with E-state index in [2.05, 4.69) is 5.32 Å². The van der Waals surface area contributed by atoms with Crippen LogP contribution in [0.5, 0.6) is 0 Å². The maximum atomic E-state index is 12.1. The lowest BCUT2D eigenvalue weighted by Gasteiger charge is -2.27. The molecular formula is C12H17NO3S. The van der Waals surface area contributed by atoms with Crippen LogP contribution in [0.3, 0.4) is 0 Å². The van der Waals surface area contributed by atoms with Crippen molar-refractivity contribution < 1.29 is 13.5 Å². The Balaban J connectivity index is 2.31. The third-order valence-corrected chi connectivity index (χ3v) is 4.81. The molecule has 0 spiro atoms. The van der Waals surface area contributed by atoms with Gasteiger partial charge in [-0.1, -0.05) is 6.07 Å². The molecular weight excluding hydrogens is 238 g/mol. The molecule has 0 aromatic heterocycles. The highest BCUT2D eigenvalue weighted by Crippen LogP contribution is 2.30. The minimum atomic E-state index is -3.19. The topological polar surface area (TPSA) is 66.4 Å². The number of aliphatic hydroxyl groups excluding tert-OH is 1. The Kier molecular flexibility index (Phi) is 3.40. The van der Waals surface area contributed by atoms with E-state index >= 15 is 0 Å². The second kappa shape index (κ2) is 4.66. The van der Waals surface area contributed by atoms with E-state index < -0.39 is 9.84 Å². The van der Waals surface area contributed by atoms with Gasteiger partial charge in [0.2, 0.25) is 0 Å². The first-order chi connectivity index (χ1) is 8.03. The van der Waals surface area contributed by atoms with Crippen LogP contribution in [0.2, 0.25) is 0 Å². The highest BCUT2D eigenvalue weighted by molar-refractivity contribution is 7.91. The average molecular weight is 255 g/mol. The molecule has 0 bridgehead atoms. The first-order valence-corrected chi connectivity index (χ1v) is 7.39. The van der Waals surface area contributed by atoms with E-state index in [0.717, 1.165) is 5.56 Å². The molecule has 94 valence electrons. The van der Waals surface area contributed by atoms with Crippen molar-refractivity contribution in [2.45, 2.75) is 30.7 Å². The molecule has 1 heterocycles. The van der Waals surface area contributed by atoms with Crippen LogP contribution in [0.25, 0.3) is 0 Å². The van der Waals surface area contributed by atoms with Crippen LogP contribution in [0.15, 0.2) is 23.1 Å². The lowest BCUT2D eigenvalue weighted by atomic mass is 10.1. The molecule has 1 atom stereocenters. The number of hydrogen-bond donors (Lipinski definition) is 2. The smallest absolute Gasteiger partial charge is 0.182 e. The molecule has 1 unspecified atom stereocenters. The second-order valence-corrected chi connectivity index (χ2v) is 6.49. The number of aryl methyl sites for hydroxylation is 1. The van der Waals surface area contributed by atoms with E-state index in [1.54, 1.807) is 6.07 Å². The van der Waals surface area contributed by atoms with Crippen molar-refractivity contribution in [3.05, 3.63) is 23.8 Å². The van der Waals surface area contributed by atoms with Gasteiger partial charge >= 0.3 is 0 Å². The molecule has 0 radical (unpaired) electrons. The van der Waals surface area contributed by atoms with Gasteiger partial charge in [-0.15, -0.1) is 0 Å². The summed E-state index contributed by atoms with van der Waals surface area (Å²) in [6, 6.07) is 5.32. The van der Waals surface area contributed by atoms with Crippen molar-refractivity contribution in [3.63, 3.8) is 0 Å². The number of fused-ring (bicyclic) bond motifs is 1. The maximum Gasteiger partial charge on any atom is 0.182 e. The van der Waals surface area contributed by atoms with E-state index in [4.69, 9.17) is 5.11 Å². The Morgan fingerprint density at radius 2 is 2.24 bits per heavy atom. The summed E-state index contributed by atoms with van der Waals surface area (Å²) in [5.41, 5.74) is 1.63. The molecule has 4 nitrogen and oxygen atoms in total. The lowest BCUT2D eigenvalue weighted by molar-refractivity contribution is 0.282. The normalized spacial score (nSPS) is 21.6. The molecule has 1 aromatic rings. The van der Waals surface area contributed by atoms with Crippen LogP contribution in [0.4, 0.5) is 5.69 Å². The van der Waals surface area contributed by atoms with Crippen molar-refractivity contribution >= 4 is 15.5 Å². The monoisotopic (exact) mass is 255 g/mol. The summed E-state index contributed by atoms with van der Waals surface area (Å²) in [5.74, 6) is 0.115. The largest absolute Gasteiger partial charge is 0.396 e. The molecule has 0 amide bonds. The number of hydrogen-bond acceptors (Lipinski definition) is 4. The number of rotatable bonds is 3. The number of nitrogens with one attached hydrogen (secondary N) is 1. The van der Waals surface area contributed by atoms with E-state index in [0.29, 0.717) is 23.4 Å². The van der Waals surface area contributed by atoms with Crippen LogP contribution in [0, 0.1) is 6.92 Å². The molecule has 0 saturated carbocycles. The highest BCUT2D eigenvalue weighted by atomic mass is 32.2. The fourth-order valence-electron chi connectivity index (χ4n) is 2.12. The van der Waals surface area contributed by atoms with Gasteiger partial charge < -0.3 is 10.4 Å². The third kappa shape index (κ3) is 2.61. The van der Waals surface area contributed by atoms with Crippen LogP contribution in [0.1, 0.15) is 18.4 Å². The predicted molar refractivity (Wildman–Crippen MR) is 67.0 cm³/mol. The van der Waals surface area contributed by atoms with E-state index in [1.807, 2.05) is 19.1 Å². The minimum absolute atomic E-state index is 0.0950. The highest BCUT2D eigenvalue weighted by Gasteiger charge is 2.29. The van der Waals surface area contributed by atoms with Crippen molar-refractivity contribution in [1.82, 2.24) is 0 Å². The van der Waals surface area contributed by atoms with Crippen LogP contribution >= 0.6 is 0 Å². The summed E-state index contributed by atoms with van der Waals surface area (Å²) in [6.45, 7) is 1.98. The first kappa shape index (κ1) is 12.4. The van der Waals surface area contributed by atoms with E-state index in [1.165, 1.54) is 0 Å². The van der Waals surface area contributed by atoms with Gasteiger partial charge in [0, 0.05) is 12.6 Å². The molecule has 1 aliphatic heterocycles. The van der Waals surface area contributed by atoms with E-state index in [9.17, 15) is 8.42 Å². The molecule has 0 fully saturated rings. The SMILES string of the molecule is Cc1ccc2c(c1)S(=O)(=O)CC(CCCO)N2. The second-order valence-electron chi connectivity index (χ2n) is 4.49. The lowest BCUT2D eigenvalue weighted by Crippen LogP contribution is -2.34. The Bertz CT molecular complexity index is 510.